The molecule has 0 aliphatic carbocycles. The topological polar surface area (TPSA) is 76.1 Å². The number of carbonyl (C=O) groups is 2. The first-order valence-electron chi connectivity index (χ1n) is 11.6. The van der Waals surface area contributed by atoms with Gasteiger partial charge in [-0.1, -0.05) is 67.9 Å². The van der Waals surface area contributed by atoms with Gasteiger partial charge in [-0.2, -0.15) is 5.06 Å². The maximum absolute atomic E-state index is 13.6. The van der Waals surface area contributed by atoms with Gasteiger partial charge in [-0.3, -0.25) is 10.1 Å². The zero-order valence-corrected chi connectivity index (χ0v) is 21.3. The van der Waals surface area contributed by atoms with Crippen molar-refractivity contribution in [1.82, 2.24) is 9.96 Å². The van der Waals surface area contributed by atoms with Crippen LogP contribution in [0.4, 0.5) is 21.0 Å². The zero-order valence-electron chi connectivity index (χ0n) is 19.8. The highest BCUT2D eigenvalue weighted by atomic mass is 35.5. The molecule has 1 aliphatic heterocycles. The summed E-state index contributed by atoms with van der Waals surface area (Å²) in [7, 11) is 0. The summed E-state index contributed by atoms with van der Waals surface area (Å²) in [4.78, 5) is 29.8. The Hall–Kier alpha value is -2.48. The van der Waals surface area contributed by atoms with Gasteiger partial charge in [0.25, 0.3) is 0 Å². The minimum atomic E-state index is -0.992. The van der Waals surface area contributed by atoms with Crippen molar-refractivity contribution in [3.05, 3.63) is 58.6 Å². The Morgan fingerprint density at radius 2 is 1.71 bits per heavy atom. The molecule has 0 aromatic heterocycles. The fourth-order valence-corrected chi connectivity index (χ4v) is 4.71. The number of urea groups is 2. The van der Waals surface area contributed by atoms with Crippen molar-refractivity contribution in [1.29, 1.82) is 0 Å². The lowest BCUT2D eigenvalue weighted by atomic mass is 9.99. The molecule has 9 heteroatoms. The van der Waals surface area contributed by atoms with Gasteiger partial charge in [-0.15, -0.1) is 0 Å². The van der Waals surface area contributed by atoms with E-state index in [2.05, 4.69) is 12.2 Å². The highest BCUT2D eigenvalue weighted by Gasteiger charge is 2.55. The van der Waals surface area contributed by atoms with E-state index in [9.17, 15) is 14.8 Å². The van der Waals surface area contributed by atoms with E-state index in [1.807, 2.05) is 13.8 Å². The number of halogens is 2. The molecule has 2 aromatic carbocycles. The minimum absolute atomic E-state index is 0.289. The fraction of sp³-hybridized carbons (Fsp3) is 0.440. The van der Waals surface area contributed by atoms with Crippen LogP contribution in [0.3, 0.4) is 0 Å². The summed E-state index contributed by atoms with van der Waals surface area (Å²) in [6.45, 7) is 6.38. The van der Waals surface area contributed by atoms with Crippen LogP contribution >= 0.6 is 23.2 Å². The molecule has 0 saturated carbocycles. The van der Waals surface area contributed by atoms with Crippen molar-refractivity contribution in [3.8, 4) is 0 Å². The normalized spacial score (nSPS) is 17.2. The predicted molar refractivity (Wildman–Crippen MR) is 137 cm³/mol. The number of rotatable bonds is 9. The Bertz CT molecular complexity index is 1020. The number of nitrogens with one attached hydrogen (secondary N) is 1. The van der Waals surface area contributed by atoms with Crippen molar-refractivity contribution >= 4 is 46.6 Å². The van der Waals surface area contributed by atoms with Gasteiger partial charge in [0, 0.05) is 28.0 Å². The molecule has 184 valence electrons. The molecule has 4 amide bonds. The van der Waals surface area contributed by atoms with Crippen LogP contribution in [0.5, 0.6) is 0 Å². The lowest BCUT2D eigenvalue weighted by molar-refractivity contribution is -0.0949. The molecule has 7 nitrogen and oxygen atoms in total. The predicted octanol–water partition coefficient (Wildman–Crippen LogP) is 7.23. The van der Waals surface area contributed by atoms with Crippen LogP contribution in [0.15, 0.2) is 48.5 Å². The number of benzene rings is 2. The summed E-state index contributed by atoms with van der Waals surface area (Å²) in [5.41, 5.74) is 0.0457. The maximum Gasteiger partial charge on any atom is 0.347 e. The zero-order chi connectivity index (χ0) is 24.9. The van der Waals surface area contributed by atoms with Crippen LogP contribution in [0.2, 0.25) is 10.0 Å². The van der Waals surface area contributed by atoms with E-state index in [0.717, 1.165) is 32.1 Å². The largest absolute Gasteiger partial charge is 0.347 e. The van der Waals surface area contributed by atoms with Crippen molar-refractivity contribution in [2.45, 2.75) is 64.6 Å². The van der Waals surface area contributed by atoms with Gasteiger partial charge in [-0.25, -0.2) is 9.59 Å². The fourth-order valence-electron chi connectivity index (χ4n) is 4.34. The molecule has 1 aliphatic rings. The highest BCUT2D eigenvalue weighted by molar-refractivity contribution is 6.31. The Morgan fingerprint density at radius 3 is 2.35 bits per heavy atom. The van der Waals surface area contributed by atoms with Crippen LogP contribution in [0.1, 0.15) is 52.9 Å². The van der Waals surface area contributed by atoms with Gasteiger partial charge in [0.2, 0.25) is 0 Å². The van der Waals surface area contributed by atoms with Crippen LogP contribution in [-0.2, 0) is 0 Å². The smallest absolute Gasteiger partial charge is 0.315 e. The van der Waals surface area contributed by atoms with E-state index < -0.39 is 17.7 Å². The second-order valence-corrected chi connectivity index (χ2v) is 9.88. The lowest BCUT2D eigenvalue weighted by Crippen LogP contribution is -2.58. The Morgan fingerprint density at radius 1 is 1.06 bits per heavy atom. The van der Waals surface area contributed by atoms with Gasteiger partial charge in [0.1, 0.15) is 0 Å². The lowest BCUT2D eigenvalue weighted by Gasteiger charge is -2.38. The first kappa shape index (κ1) is 26.1. The van der Waals surface area contributed by atoms with Crippen molar-refractivity contribution in [2.75, 3.05) is 16.8 Å². The van der Waals surface area contributed by atoms with E-state index in [-0.39, 0.29) is 6.03 Å². The molecule has 1 fully saturated rings. The van der Waals surface area contributed by atoms with Crippen molar-refractivity contribution in [2.24, 2.45) is 0 Å². The molecule has 0 bridgehead atoms. The average Bonchev–Trinajstić information content (AvgIpc) is 2.98. The van der Waals surface area contributed by atoms with Crippen LogP contribution in [0.25, 0.3) is 0 Å². The summed E-state index contributed by atoms with van der Waals surface area (Å²) in [6, 6.07) is 12.4. The third-order valence-electron chi connectivity index (χ3n) is 6.10. The number of carbonyl (C=O) groups excluding carboxylic acids is 2. The van der Waals surface area contributed by atoms with E-state index >= 15 is 0 Å². The molecule has 1 atom stereocenters. The summed E-state index contributed by atoms with van der Waals surface area (Å²) in [5.74, 6) is 0. The summed E-state index contributed by atoms with van der Waals surface area (Å²) in [5, 5.41) is 15.2. The molecular weight excluding hydrogens is 475 g/mol. The second-order valence-electron chi connectivity index (χ2n) is 9.01. The van der Waals surface area contributed by atoms with E-state index in [1.54, 1.807) is 53.4 Å². The molecule has 2 aromatic rings. The van der Waals surface area contributed by atoms with E-state index in [1.165, 1.54) is 4.90 Å². The first-order valence-corrected chi connectivity index (χ1v) is 12.3. The maximum atomic E-state index is 13.6. The summed E-state index contributed by atoms with van der Waals surface area (Å²) >= 11 is 12.2. The molecule has 1 heterocycles. The van der Waals surface area contributed by atoms with Gasteiger partial charge < -0.3 is 10.2 Å². The number of amides is 4. The van der Waals surface area contributed by atoms with Gasteiger partial charge in [0.15, 0.2) is 6.17 Å². The SMILES string of the molecule is CCCCCCCN1C(=O)N(c2cccc(Cl)c2)[C@@H](N(O)C(=O)Nc2cccc(Cl)c2)C1(C)C. The second kappa shape index (κ2) is 11.3. The average molecular weight is 507 g/mol. The number of hydrogen-bond donors (Lipinski definition) is 2. The van der Waals surface area contributed by atoms with E-state index in [4.69, 9.17) is 23.2 Å². The third-order valence-corrected chi connectivity index (χ3v) is 6.57. The molecule has 0 spiro atoms. The van der Waals surface area contributed by atoms with Crippen LogP contribution in [-0.4, -0.2) is 45.5 Å². The molecule has 0 unspecified atom stereocenters. The molecule has 1 saturated heterocycles. The quantitative estimate of drug-likeness (QED) is 0.214. The summed E-state index contributed by atoms with van der Waals surface area (Å²) in [6.07, 6.45) is 4.25. The van der Waals surface area contributed by atoms with Gasteiger partial charge in [-0.05, 0) is 56.7 Å². The molecule has 2 N–H and O–H groups in total. The van der Waals surface area contributed by atoms with Crippen molar-refractivity contribution < 1.29 is 14.8 Å². The number of hydrogen-bond acceptors (Lipinski definition) is 3. The van der Waals surface area contributed by atoms with Crippen LogP contribution < -0.4 is 10.2 Å². The standard InChI is InChI=1S/C25H32Cl2N4O3/c1-4-5-6-7-8-15-29-24(33)30(21-14-10-12-19(27)17-21)22(25(29,2)3)31(34)23(32)28-20-13-9-11-18(26)16-20/h9-14,16-17,22,34H,4-8,15H2,1-3H3,(H,28,32)/t22-/m0/s1. The Kier molecular flexibility index (Phi) is 8.68. The molecule has 3 rings (SSSR count). The summed E-state index contributed by atoms with van der Waals surface area (Å²) < 4.78 is 0. The number of unbranched alkanes of at least 4 members (excludes halogenated alkanes) is 4. The van der Waals surface area contributed by atoms with Gasteiger partial charge in [0.05, 0.1) is 5.54 Å². The van der Waals surface area contributed by atoms with Crippen molar-refractivity contribution in [3.63, 3.8) is 0 Å². The minimum Gasteiger partial charge on any atom is -0.315 e. The molecule has 34 heavy (non-hydrogen) atoms. The monoisotopic (exact) mass is 506 g/mol. The number of anilines is 2. The Labute approximate surface area is 211 Å². The van der Waals surface area contributed by atoms with Gasteiger partial charge >= 0.3 is 12.1 Å². The van der Waals surface area contributed by atoms with Crippen LogP contribution in [0, 0.1) is 0 Å². The first-order chi connectivity index (χ1) is 16.2. The number of hydroxylamine groups is 2. The molecular formula is C25H32Cl2N4O3. The third kappa shape index (κ3) is 5.77. The Balaban J connectivity index is 1.89. The molecule has 0 radical (unpaired) electrons. The van der Waals surface area contributed by atoms with E-state index in [0.29, 0.717) is 33.0 Å². The highest BCUT2D eigenvalue weighted by Crippen LogP contribution is 2.38. The number of nitrogens with zero attached hydrogens (tertiary/aromatic N) is 3.